The minimum Gasteiger partial charge on any atom is -0.481 e. The van der Waals surface area contributed by atoms with Crippen molar-refractivity contribution >= 4 is 23.6 Å². The molecule has 0 radical (unpaired) electrons. The van der Waals surface area contributed by atoms with Crippen LogP contribution in [0.15, 0.2) is 24.3 Å². The summed E-state index contributed by atoms with van der Waals surface area (Å²) in [6, 6.07) is 6.92. The first kappa shape index (κ1) is 18.4. The van der Waals surface area contributed by atoms with Crippen LogP contribution in [0.4, 0.5) is 4.79 Å². The quantitative estimate of drug-likeness (QED) is 0.882. The number of benzene rings is 1. The lowest BCUT2D eigenvalue weighted by Gasteiger charge is -2.32. The number of carbonyl (C=O) groups excluding carboxylic acids is 2. The van der Waals surface area contributed by atoms with E-state index in [1.807, 2.05) is 0 Å². The molecule has 132 valence electrons. The number of carbonyl (C=O) groups is 2. The number of piperidine rings is 1. The molecule has 0 saturated carbocycles. The number of nitrogens with zero attached hydrogens (tertiary/aromatic N) is 1. The lowest BCUT2D eigenvalue weighted by Crippen LogP contribution is -2.49. The van der Waals surface area contributed by atoms with Crippen LogP contribution in [0.1, 0.15) is 26.7 Å². The third-order valence-corrected chi connectivity index (χ3v) is 4.12. The molecule has 1 aliphatic heterocycles. The Morgan fingerprint density at radius 1 is 1.29 bits per heavy atom. The van der Waals surface area contributed by atoms with Crippen molar-refractivity contribution in [2.45, 2.75) is 38.8 Å². The van der Waals surface area contributed by atoms with E-state index in [2.05, 4.69) is 5.32 Å². The van der Waals surface area contributed by atoms with Crippen molar-refractivity contribution in [1.82, 2.24) is 10.2 Å². The largest absolute Gasteiger partial charge is 0.481 e. The van der Waals surface area contributed by atoms with Crippen LogP contribution in [0.25, 0.3) is 0 Å². The summed E-state index contributed by atoms with van der Waals surface area (Å²) >= 11 is 5.82. The highest BCUT2D eigenvalue weighted by Gasteiger charge is 2.26. The highest BCUT2D eigenvalue weighted by atomic mass is 35.5. The minimum atomic E-state index is -0.603. The summed E-state index contributed by atoms with van der Waals surface area (Å²) in [4.78, 5) is 25.5. The van der Waals surface area contributed by atoms with E-state index >= 15 is 0 Å². The molecule has 0 aliphatic carbocycles. The standard InChI is InChI=1S/C17H23ClN2O4/c1-3-23-17(22)20-10-8-14(9-11-20)19-16(21)12(2)24-15-6-4-13(18)5-7-15/h4-7,12,14H,3,8-11H2,1-2H3,(H,19,21)/t12-/m0/s1. The van der Waals surface area contributed by atoms with Crippen LogP contribution in [0.3, 0.4) is 0 Å². The molecule has 1 saturated heterocycles. The van der Waals surface area contributed by atoms with Crippen LogP contribution in [0.2, 0.25) is 5.02 Å². The van der Waals surface area contributed by atoms with Crippen LogP contribution in [-0.2, 0) is 9.53 Å². The molecule has 1 fully saturated rings. The molecule has 1 atom stereocenters. The number of amides is 2. The number of rotatable bonds is 5. The van der Waals surface area contributed by atoms with Gasteiger partial charge in [-0.15, -0.1) is 0 Å². The predicted octanol–water partition coefficient (Wildman–Crippen LogP) is 2.84. The summed E-state index contributed by atoms with van der Waals surface area (Å²) in [5.74, 6) is 0.429. The van der Waals surface area contributed by atoms with Gasteiger partial charge in [0, 0.05) is 24.2 Å². The fourth-order valence-corrected chi connectivity index (χ4v) is 2.64. The first-order valence-corrected chi connectivity index (χ1v) is 8.51. The van der Waals surface area contributed by atoms with Crippen LogP contribution in [0, 0.1) is 0 Å². The van der Waals surface area contributed by atoms with Gasteiger partial charge < -0.3 is 19.7 Å². The van der Waals surface area contributed by atoms with Crippen molar-refractivity contribution in [1.29, 1.82) is 0 Å². The fourth-order valence-electron chi connectivity index (χ4n) is 2.51. The summed E-state index contributed by atoms with van der Waals surface area (Å²) in [5.41, 5.74) is 0. The summed E-state index contributed by atoms with van der Waals surface area (Å²) < 4.78 is 10.6. The van der Waals surface area contributed by atoms with E-state index in [0.29, 0.717) is 43.3 Å². The van der Waals surface area contributed by atoms with Gasteiger partial charge in [0.25, 0.3) is 5.91 Å². The molecule has 6 nitrogen and oxygen atoms in total. The van der Waals surface area contributed by atoms with Crippen LogP contribution >= 0.6 is 11.6 Å². The summed E-state index contributed by atoms with van der Waals surface area (Å²) in [7, 11) is 0. The van der Waals surface area contributed by atoms with Crippen molar-refractivity contribution in [3.05, 3.63) is 29.3 Å². The van der Waals surface area contributed by atoms with Gasteiger partial charge in [0.1, 0.15) is 5.75 Å². The van der Waals surface area contributed by atoms with Gasteiger partial charge in [0.05, 0.1) is 6.61 Å². The Labute approximate surface area is 147 Å². The molecule has 1 aromatic rings. The number of hydrogen-bond acceptors (Lipinski definition) is 4. The molecular formula is C17H23ClN2O4. The van der Waals surface area contributed by atoms with Gasteiger partial charge in [-0.3, -0.25) is 4.79 Å². The lowest BCUT2D eigenvalue weighted by atomic mass is 10.1. The van der Waals surface area contributed by atoms with Crippen LogP contribution in [0.5, 0.6) is 5.75 Å². The third kappa shape index (κ3) is 5.30. The lowest BCUT2D eigenvalue weighted by molar-refractivity contribution is -0.128. The first-order chi connectivity index (χ1) is 11.5. The zero-order valence-electron chi connectivity index (χ0n) is 14.0. The topological polar surface area (TPSA) is 67.9 Å². The van der Waals surface area contributed by atoms with Crippen molar-refractivity contribution in [2.24, 2.45) is 0 Å². The van der Waals surface area contributed by atoms with Gasteiger partial charge >= 0.3 is 6.09 Å². The van der Waals surface area contributed by atoms with Gasteiger partial charge in [-0.2, -0.15) is 0 Å². The Bertz CT molecular complexity index is 556. The van der Waals surface area contributed by atoms with E-state index in [9.17, 15) is 9.59 Å². The number of nitrogens with one attached hydrogen (secondary N) is 1. The average Bonchev–Trinajstić information content (AvgIpc) is 2.57. The molecule has 7 heteroatoms. The Kier molecular flexibility index (Phi) is 6.73. The average molecular weight is 355 g/mol. The molecule has 0 unspecified atom stereocenters. The molecule has 0 spiro atoms. The second-order valence-electron chi connectivity index (χ2n) is 5.68. The van der Waals surface area contributed by atoms with Gasteiger partial charge in [-0.25, -0.2) is 4.79 Å². The van der Waals surface area contributed by atoms with Crippen LogP contribution < -0.4 is 10.1 Å². The monoisotopic (exact) mass is 354 g/mol. The second kappa shape index (κ2) is 8.78. The summed E-state index contributed by atoms with van der Waals surface area (Å²) in [5, 5.41) is 3.59. The zero-order chi connectivity index (χ0) is 17.5. The van der Waals surface area contributed by atoms with Gasteiger partial charge in [0.2, 0.25) is 0 Å². The fraction of sp³-hybridized carbons (Fsp3) is 0.529. The molecule has 2 amide bonds. The van der Waals surface area contributed by atoms with Gasteiger partial charge in [-0.1, -0.05) is 11.6 Å². The Hall–Kier alpha value is -1.95. The highest BCUT2D eigenvalue weighted by Crippen LogP contribution is 2.17. The Morgan fingerprint density at radius 2 is 1.92 bits per heavy atom. The van der Waals surface area contributed by atoms with Crippen molar-refractivity contribution < 1.29 is 19.1 Å². The smallest absolute Gasteiger partial charge is 0.409 e. The van der Waals surface area contributed by atoms with Crippen molar-refractivity contribution in [2.75, 3.05) is 19.7 Å². The van der Waals surface area contributed by atoms with Gasteiger partial charge in [-0.05, 0) is 51.0 Å². The maximum absolute atomic E-state index is 12.2. The third-order valence-electron chi connectivity index (χ3n) is 3.86. The number of hydrogen-bond donors (Lipinski definition) is 1. The van der Waals surface area contributed by atoms with E-state index in [-0.39, 0.29) is 18.0 Å². The summed E-state index contributed by atoms with van der Waals surface area (Å²) in [6.45, 7) is 5.02. The van der Waals surface area contributed by atoms with E-state index in [4.69, 9.17) is 21.1 Å². The normalized spacial score (nSPS) is 16.4. The maximum Gasteiger partial charge on any atom is 0.409 e. The van der Waals surface area contributed by atoms with Crippen molar-refractivity contribution in [3.8, 4) is 5.75 Å². The molecule has 0 aromatic heterocycles. The molecule has 1 heterocycles. The predicted molar refractivity (Wildman–Crippen MR) is 91.3 cm³/mol. The van der Waals surface area contributed by atoms with Crippen molar-refractivity contribution in [3.63, 3.8) is 0 Å². The maximum atomic E-state index is 12.2. The van der Waals surface area contributed by atoms with E-state index in [0.717, 1.165) is 0 Å². The number of halogens is 1. The van der Waals surface area contributed by atoms with E-state index in [1.165, 1.54) is 0 Å². The molecule has 24 heavy (non-hydrogen) atoms. The molecular weight excluding hydrogens is 332 g/mol. The van der Waals surface area contributed by atoms with E-state index in [1.54, 1.807) is 43.0 Å². The minimum absolute atomic E-state index is 0.0412. The zero-order valence-corrected chi connectivity index (χ0v) is 14.7. The first-order valence-electron chi connectivity index (χ1n) is 8.14. The molecule has 1 aromatic carbocycles. The molecule has 0 bridgehead atoms. The Morgan fingerprint density at radius 3 is 2.50 bits per heavy atom. The van der Waals surface area contributed by atoms with Crippen LogP contribution in [-0.4, -0.2) is 48.7 Å². The SMILES string of the molecule is CCOC(=O)N1CCC(NC(=O)[C@H](C)Oc2ccc(Cl)cc2)CC1. The number of ether oxygens (including phenoxy) is 2. The van der Waals surface area contributed by atoms with Gasteiger partial charge in [0.15, 0.2) is 6.10 Å². The second-order valence-corrected chi connectivity index (χ2v) is 6.12. The van der Waals surface area contributed by atoms with E-state index < -0.39 is 6.10 Å². The number of likely N-dealkylation sites (tertiary alicyclic amines) is 1. The highest BCUT2D eigenvalue weighted by molar-refractivity contribution is 6.30. The molecule has 1 N–H and O–H groups in total. The molecule has 1 aliphatic rings. The Balaban J connectivity index is 1.76. The molecule has 2 rings (SSSR count). The summed E-state index contributed by atoms with van der Waals surface area (Å²) in [6.07, 6.45) is 0.521.